The highest BCUT2D eigenvalue weighted by molar-refractivity contribution is 7.13. The number of aryl methyl sites for hydroxylation is 1. The van der Waals surface area contributed by atoms with Crippen molar-refractivity contribution in [2.75, 3.05) is 37.6 Å². The van der Waals surface area contributed by atoms with Crippen LogP contribution in [0.15, 0.2) is 42.6 Å². The van der Waals surface area contributed by atoms with Gasteiger partial charge in [0.1, 0.15) is 11.5 Å². The topological polar surface area (TPSA) is 49.3 Å². The predicted octanol–water partition coefficient (Wildman–Crippen LogP) is 3.65. The van der Waals surface area contributed by atoms with Crippen LogP contribution in [0.25, 0.3) is 10.1 Å². The first-order valence-electron chi connectivity index (χ1n) is 10.1. The molecule has 1 aromatic carbocycles. The Morgan fingerprint density at radius 3 is 2.82 bits per heavy atom. The summed E-state index contributed by atoms with van der Waals surface area (Å²) in [5.41, 5.74) is 1.83. The van der Waals surface area contributed by atoms with Crippen molar-refractivity contribution in [1.82, 2.24) is 14.3 Å². The molecule has 1 saturated heterocycles. The van der Waals surface area contributed by atoms with Gasteiger partial charge in [-0.05, 0) is 61.1 Å². The van der Waals surface area contributed by atoms with E-state index in [0.29, 0.717) is 5.69 Å². The molecule has 2 aromatic heterocycles. The monoisotopic (exact) mass is 392 g/mol. The number of hydrogen-bond acceptors (Lipinski definition) is 6. The van der Waals surface area contributed by atoms with Crippen molar-refractivity contribution < 1.29 is 4.79 Å². The quantitative estimate of drug-likeness (QED) is 0.678. The summed E-state index contributed by atoms with van der Waals surface area (Å²) in [6.45, 7) is 5.04. The van der Waals surface area contributed by atoms with E-state index >= 15 is 0 Å². The maximum Gasteiger partial charge on any atom is 0.184 e. The van der Waals surface area contributed by atoms with E-state index in [1.54, 1.807) is 17.7 Å². The van der Waals surface area contributed by atoms with Gasteiger partial charge in [-0.1, -0.05) is 18.2 Å². The molecule has 5 nitrogen and oxygen atoms in total. The van der Waals surface area contributed by atoms with Gasteiger partial charge in [-0.25, -0.2) is 0 Å². The number of ketones is 1. The van der Waals surface area contributed by atoms with Crippen LogP contribution in [0.2, 0.25) is 0 Å². The Morgan fingerprint density at radius 1 is 1.07 bits per heavy atom. The van der Waals surface area contributed by atoms with Crippen LogP contribution < -0.4 is 4.90 Å². The van der Waals surface area contributed by atoms with E-state index in [1.807, 2.05) is 12.1 Å². The number of piperazine rings is 1. The van der Waals surface area contributed by atoms with Gasteiger partial charge in [-0.2, -0.15) is 4.37 Å². The minimum atomic E-state index is 0.128. The van der Waals surface area contributed by atoms with E-state index < -0.39 is 0 Å². The van der Waals surface area contributed by atoms with Crippen LogP contribution in [0.5, 0.6) is 0 Å². The molecule has 144 valence electrons. The van der Waals surface area contributed by atoms with Gasteiger partial charge in [-0.15, -0.1) is 0 Å². The Morgan fingerprint density at radius 2 is 1.93 bits per heavy atom. The van der Waals surface area contributed by atoms with Crippen molar-refractivity contribution in [2.45, 2.75) is 19.3 Å². The van der Waals surface area contributed by atoms with Crippen LogP contribution in [0, 0.1) is 5.92 Å². The first-order chi connectivity index (χ1) is 13.8. The molecule has 1 fully saturated rings. The molecule has 28 heavy (non-hydrogen) atoms. The van der Waals surface area contributed by atoms with E-state index in [-0.39, 0.29) is 11.7 Å². The summed E-state index contributed by atoms with van der Waals surface area (Å²) in [7, 11) is 0. The number of aromatic nitrogens is 2. The van der Waals surface area contributed by atoms with Crippen molar-refractivity contribution in [3.05, 3.63) is 53.9 Å². The lowest BCUT2D eigenvalue weighted by molar-refractivity contribution is 0.0875. The fourth-order valence-electron chi connectivity index (χ4n) is 4.41. The van der Waals surface area contributed by atoms with Gasteiger partial charge in [0.2, 0.25) is 0 Å². The Bertz CT molecular complexity index is 993. The molecule has 2 aliphatic rings. The number of anilines is 1. The summed E-state index contributed by atoms with van der Waals surface area (Å²) in [5.74, 6) is 1.50. The number of fused-ring (bicyclic) bond motifs is 2. The molecule has 3 heterocycles. The molecule has 1 aliphatic heterocycles. The fraction of sp³-hybridized carbons (Fsp3) is 0.409. The largest absolute Gasteiger partial charge is 0.353 e. The lowest BCUT2D eigenvalue weighted by atomic mass is 9.83. The molecule has 0 bridgehead atoms. The van der Waals surface area contributed by atoms with Gasteiger partial charge in [0.15, 0.2) is 5.78 Å². The average Bonchev–Trinajstić information content (AvgIpc) is 3.18. The number of carbonyl (C=O) groups is 1. The smallest absolute Gasteiger partial charge is 0.184 e. The van der Waals surface area contributed by atoms with Crippen LogP contribution in [0.3, 0.4) is 0 Å². The second kappa shape index (κ2) is 7.60. The normalized spacial score (nSPS) is 20.5. The summed E-state index contributed by atoms with van der Waals surface area (Å²) in [5, 5.41) is 1.26. The van der Waals surface area contributed by atoms with Gasteiger partial charge in [0.05, 0.1) is 4.70 Å². The molecule has 1 atom stereocenters. The number of Topliss-reactive ketones (excluding diaryl/α,β-unsaturated/α-hetero) is 1. The molecule has 6 heteroatoms. The van der Waals surface area contributed by atoms with Crippen molar-refractivity contribution in [1.29, 1.82) is 0 Å². The van der Waals surface area contributed by atoms with Gasteiger partial charge in [0.25, 0.3) is 0 Å². The van der Waals surface area contributed by atoms with E-state index in [0.717, 1.165) is 63.4 Å². The van der Waals surface area contributed by atoms with Crippen molar-refractivity contribution in [3.63, 3.8) is 0 Å². The van der Waals surface area contributed by atoms with Crippen LogP contribution in [-0.2, 0) is 6.42 Å². The van der Waals surface area contributed by atoms with E-state index in [9.17, 15) is 4.79 Å². The third kappa shape index (κ3) is 3.31. The van der Waals surface area contributed by atoms with Crippen LogP contribution in [0.4, 0.5) is 5.82 Å². The van der Waals surface area contributed by atoms with Crippen LogP contribution in [0.1, 0.15) is 28.9 Å². The van der Waals surface area contributed by atoms with E-state index in [4.69, 9.17) is 4.37 Å². The number of pyridine rings is 1. The zero-order valence-corrected chi connectivity index (χ0v) is 16.7. The molecule has 0 N–H and O–H groups in total. The highest BCUT2D eigenvalue weighted by Crippen LogP contribution is 2.30. The Balaban J connectivity index is 1.17. The summed E-state index contributed by atoms with van der Waals surface area (Å²) >= 11 is 1.58. The maximum atomic E-state index is 12.7. The molecular weight excluding hydrogens is 368 g/mol. The molecule has 5 rings (SSSR count). The second-order valence-electron chi connectivity index (χ2n) is 7.73. The molecule has 0 radical (unpaired) electrons. The molecular formula is C22H24N4OS. The minimum Gasteiger partial charge on any atom is -0.353 e. The Hall–Kier alpha value is -2.31. The van der Waals surface area contributed by atoms with Crippen molar-refractivity contribution >= 4 is 33.2 Å². The van der Waals surface area contributed by atoms with E-state index in [1.165, 1.54) is 10.1 Å². The van der Waals surface area contributed by atoms with Gasteiger partial charge >= 0.3 is 0 Å². The van der Waals surface area contributed by atoms with Crippen molar-refractivity contribution in [3.8, 4) is 0 Å². The molecule has 1 unspecified atom stereocenters. The lowest BCUT2D eigenvalue weighted by Gasteiger charge is -2.35. The average molecular weight is 393 g/mol. The van der Waals surface area contributed by atoms with Gasteiger partial charge < -0.3 is 4.90 Å². The zero-order chi connectivity index (χ0) is 18.9. The second-order valence-corrected chi connectivity index (χ2v) is 8.54. The van der Waals surface area contributed by atoms with Crippen molar-refractivity contribution in [2.24, 2.45) is 5.92 Å². The Labute approximate surface area is 169 Å². The Kier molecular flexibility index (Phi) is 4.82. The standard InChI is InChI=1S/C22H24N4OS/c27-21-17(8-7-16-4-3-10-23-20(16)21)9-11-25-12-14-26(15-13-25)22-18-5-1-2-6-19(18)28-24-22/h1-6,10,17H,7-9,11-15H2. The number of benzene rings is 1. The maximum absolute atomic E-state index is 12.7. The van der Waals surface area contributed by atoms with Crippen LogP contribution >= 0.6 is 11.5 Å². The summed E-state index contributed by atoms with van der Waals surface area (Å²) in [4.78, 5) is 22.0. The highest BCUT2D eigenvalue weighted by atomic mass is 32.1. The molecule has 1 aliphatic carbocycles. The molecule has 0 amide bonds. The summed E-state index contributed by atoms with van der Waals surface area (Å²) in [6, 6.07) is 12.4. The van der Waals surface area contributed by atoms with Gasteiger partial charge in [-0.3, -0.25) is 14.7 Å². The minimum absolute atomic E-state index is 0.128. The third-order valence-electron chi connectivity index (χ3n) is 6.08. The number of nitrogens with zero attached hydrogens (tertiary/aromatic N) is 4. The fourth-order valence-corrected chi connectivity index (χ4v) is 5.21. The molecule has 3 aromatic rings. The highest BCUT2D eigenvalue weighted by Gasteiger charge is 2.29. The lowest BCUT2D eigenvalue weighted by Crippen LogP contribution is -2.47. The molecule has 0 spiro atoms. The first-order valence-corrected chi connectivity index (χ1v) is 10.9. The zero-order valence-electron chi connectivity index (χ0n) is 15.9. The van der Waals surface area contributed by atoms with Crippen LogP contribution in [-0.4, -0.2) is 52.8 Å². The number of carbonyl (C=O) groups excluding carboxylic acids is 1. The molecule has 0 saturated carbocycles. The summed E-state index contributed by atoms with van der Waals surface area (Å²) in [6.07, 6.45) is 4.61. The summed E-state index contributed by atoms with van der Waals surface area (Å²) < 4.78 is 5.95. The number of rotatable bonds is 4. The number of hydrogen-bond donors (Lipinski definition) is 0. The SMILES string of the molecule is O=C1c2ncccc2CCC1CCN1CCN(c2nsc3ccccc23)CC1. The van der Waals surface area contributed by atoms with E-state index in [2.05, 4.69) is 39.0 Å². The first kappa shape index (κ1) is 17.8. The third-order valence-corrected chi connectivity index (χ3v) is 6.90. The predicted molar refractivity (Wildman–Crippen MR) is 113 cm³/mol. The van der Waals surface area contributed by atoms with Gasteiger partial charge in [0, 0.05) is 43.7 Å².